The Morgan fingerprint density at radius 1 is 0.840 bits per heavy atom. The van der Waals surface area contributed by atoms with Crippen molar-refractivity contribution in [1.29, 1.82) is 0 Å². The van der Waals surface area contributed by atoms with Gasteiger partial charge in [0.1, 0.15) is 0 Å². The molecular weight excluding hydrogens is 636 g/mol. The fourth-order valence-corrected chi connectivity index (χ4v) is 6.62. The Balaban J connectivity index is 1.16. The first-order valence-electron chi connectivity index (χ1n) is 17.0. The molecule has 50 heavy (non-hydrogen) atoms. The van der Waals surface area contributed by atoms with Gasteiger partial charge in [0.2, 0.25) is 5.91 Å². The standard InChI is InChI=1S/C40H44N2O8/c1-47-36-19-32-16-17-42(23-33(32)20-37(36)48-2)24-34-21-35(29-8-6-26(25-43)7-9-29)50-40(49-34)30-12-10-28(11-13-30)31-5-3-4-27(18-31)22-41-38(44)14-15-39(45)46/h3-13,18-20,34-35,40,43H,14-17,21-25H2,1-2H3,(H,41,44)(H,45,46). The first-order chi connectivity index (χ1) is 24.3. The average molecular weight is 681 g/mol. The van der Waals surface area contributed by atoms with E-state index in [1.807, 2.05) is 72.8 Å². The lowest BCUT2D eigenvalue weighted by Crippen LogP contribution is -2.41. The van der Waals surface area contributed by atoms with Crippen LogP contribution in [0.15, 0.2) is 84.9 Å². The van der Waals surface area contributed by atoms with Crippen LogP contribution < -0.4 is 14.8 Å². The van der Waals surface area contributed by atoms with Gasteiger partial charge in [0, 0.05) is 44.6 Å². The van der Waals surface area contributed by atoms with Gasteiger partial charge in [-0.05, 0) is 63.6 Å². The van der Waals surface area contributed by atoms with Gasteiger partial charge in [-0.2, -0.15) is 0 Å². The van der Waals surface area contributed by atoms with Crippen LogP contribution in [0.3, 0.4) is 0 Å². The smallest absolute Gasteiger partial charge is 0.303 e. The van der Waals surface area contributed by atoms with E-state index in [1.54, 1.807) is 14.2 Å². The number of carboxylic acids is 1. The number of nitrogens with one attached hydrogen (secondary N) is 1. The largest absolute Gasteiger partial charge is 0.493 e. The summed E-state index contributed by atoms with van der Waals surface area (Å²) in [5.74, 6) is 0.203. The normalized spacial score (nSPS) is 19.0. The molecule has 1 fully saturated rings. The van der Waals surface area contributed by atoms with Crippen LogP contribution >= 0.6 is 0 Å². The van der Waals surface area contributed by atoms with E-state index in [0.29, 0.717) is 13.0 Å². The second kappa shape index (κ2) is 16.3. The zero-order valence-electron chi connectivity index (χ0n) is 28.5. The molecule has 4 aromatic rings. The van der Waals surface area contributed by atoms with Gasteiger partial charge in [-0.3, -0.25) is 14.5 Å². The molecule has 1 saturated heterocycles. The van der Waals surface area contributed by atoms with Crippen molar-refractivity contribution in [1.82, 2.24) is 10.2 Å². The molecule has 4 aromatic carbocycles. The van der Waals surface area contributed by atoms with E-state index < -0.39 is 12.3 Å². The van der Waals surface area contributed by atoms with Crippen LogP contribution in [-0.2, 0) is 45.2 Å². The van der Waals surface area contributed by atoms with Gasteiger partial charge < -0.3 is 34.5 Å². The van der Waals surface area contributed by atoms with E-state index >= 15 is 0 Å². The van der Waals surface area contributed by atoms with E-state index in [9.17, 15) is 14.7 Å². The second-order valence-electron chi connectivity index (χ2n) is 12.8. The summed E-state index contributed by atoms with van der Waals surface area (Å²) in [5, 5.41) is 21.2. The highest BCUT2D eigenvalue weighted by Crippen LogP contribution is 2.40. The third-order valence-electron chi connectivity index (χ3n) is 9.37. The van der Waals surface area contributed by atoms with Gasteiger partial charge in [-0.15, -0.1) is 0 Å². The highest BCUT2D eigenvalue weighted by Gasteiger charge is 2.34. The minimum absolute atomic E-state index is 0.00998. The minimum Gasteiger partial charge on any atom is -0.493 e. The zero-order valence-corrected chi connectivity index (χ0v) is 28.5. The number of aliphatic hydroxyl groups excluding tert-OH is 1. The molecule has 0 spiro atoms. The number of carbonyl (C=O) groups excluding carboxylic acids is 1. The topological polar surface area (TPSA) is 127 Å². The zero-order chi connectivity index (χ0) is 35.0. The Labute approximate surface area is 292 Å². The maximum atomic E-state index is 12.0. The predicted molar refractivity (Wildman–Crippen MR) is 188 cm³/mol. The Morgan fingerprint density at radius 2 is 1.56 bits per heavy atom. The number of aliphatic carboxylic acids is 1. The molecule has 0 radical (unpaired) electrons. The van der Waals surface area contributed by atoms with E-state index in [-0.39, 0.29) is 37.6 Å². The molecule has 262 valence electrons. The molecule has 3 N–H and O–H groups in total. The molecule has 6 rings (SSSR count). The average Bonchev–Trinajstić information content (AvgIpc) is 3.15. The number of nitrogens with zero attached hydrogens (tertiary/aromatic N) is 1. The molecule has 0 aliphatic carbocycles. The third kappa shape index (κ3) is 8.70. The Kier molecular flexibility index (Phi) is 11.5. The van der Waals surface area contributed by atoms with Gasteiger partial charge in [-0.1, -0.05) is 66.7 Å². The Bertz CT molecular complexity index is 1780. The second-order valence-corrected chi connectivity index (χ2v) is 12.8. The lowest BCUT2D eigenvalue weighted by molar-refractivity contribution is -0.253. The summed E-state index contributed by atoms with van der Waals surface area (Å²) >= 11 is 0. The molecule has 0 aromatic heterocycles. The summed E-state index contributed by atoms with van der Waals surface area (Å²) in [6.45, 7) is 2.75. The minimum atomic E-state index is -0.992. The number of methoxy groups -OCH3 is 2. The van der Waals surface area contributed by atoms with Crippen molar-refractivity contribution >= 4 is 11.9 Å². The fourth-order valence-electron chi connectivity index (χ4n) is 6.62. The molecule has 0 saturated carbocycles. The summed E-state index contributed by atoms with van der Waals surface area (Å²) in [7, 11) is 3.32. The van der Waals surface area contributed by atoms with Crippen molar-refractivity contribution in [3.8, 4) is 22.6 Å². The molecule has 3 unspecified atom stereocenters. The van der Waals surface area contributed by atoms with Crippen LogP contribution in [0.4, 0.5) is 0 Å². The van der Waals surface area contributed by atoms with Crippen molar-refractivity contribution in [2.45, 2.75) is 63.9 Å². The van der Waals surface area contributed by atoms with Crippen LogP contribution in [0.1, 0.15) is 65.0 Å². The molecule has 2 aliphatic rings. The van der Waals surface area contributed by atoms with Crippen molar-refractivity contribution in [2.75, 3.05) is 27.3 Å². The van der Waals surface area contributed by atoms with E-state index in [0.717, 1.165) is 70.9 Å². The van der Waals surface area contributed by atoms with Crippen LogP contribution in [0, 0.1) is 0 Å². The summed E-state index contributed by atoms with van der Waals surface area (Å²) in [5.41, 5.74) is 8.25. The summed E-state index contributed by atoms with van der Waals surface area (Å²) < 4.78 is 24.4. The lowest BCUT2D eigenvalue weighted by Gasteiger charge is -2.39. The number of rotatable bonds is 13. The summed E-state index contributed by atoms with van der Waals surface area (Å²) in [6.07, 6.45) is 0.529. The van der Waals surface area contributed by atoms with Gasteiger partial charge in [0.05, 0.1) is 39.5 Å². The van der Waals surface area contributed by atoms with E-state index in [2.05, 4.69) is 22.3 Å². The number of amides is 1. The Hall–Kier alpha value is -4.74. The van der Waals surface area contributed by atoms with E-state index in [1.165, 1.54) is 11.1 Å². The SMILES string of the molecule is COc1cc2c(cc1OC)CN(CC1CC(c3ccc(CO)cc3)OC(c3ccc(-c4cccc(CNC(=O)CCC(=O)O)c4)cc3)O1)CC2. The van der Waals surface area contributed by atoms with Crippen molar-refractivity contribution < 1.29 is 38.7 Å². The number of carboxylic acid groups (broad SMARTS) is 1. The monoisotopic (exact) mass is 680 g/mol. The first-order valence-corrected chi connectivity index (χ1v) is 17.0. The number of benzene rings is 4. The fraction of sp³-hybridized carbons (Fsp3) is 0.350. The molecule has 2 aliphatic heterocycles. The number of hydrogen-bond donors (Lipinski definition) is 3. The molecule has 1 amide bonds. The van der Waals surface area contributed by atoms with Gasteiger partial charge in [0.25, 0.3) is 0 Å². The number of fused-ring (bicyclic) bond motifs is 1. The summed E-state index contributed by atoms with van der Waals surface area (Å²) in [6, 6.07) is 28.2. The van der Waals surface area contributed by atoms with Crippen LogP contribution in [-0.4, -0.2) is 60.4 Å². The highest BCUT2D eigenvalue weighted by atomic mass is 16.7. The molecule has 10 nitrogen and oxygen atoms in total. The van der Waals surface area contributed by atoms with E-state index in [4.69, 9.17) is 24.1 Å². The first kappa shape index (κ1) is 35.1. The van der Waals surface area contributed by atoms with Crippen molar-refractivity contribution in [2.24, 2.45) is 0 Å². The summed E-state index contributed by atoms with van der Waals surface area (Å²) in [4.78, 5) is 25.2. The predicted octanol–water partition coefficient (Wildman–Crippen LogP) is 5.95. The van der Waals surface area contributed by atoms with Crippen molar-refractivity contribution in [3.63, 3.8) is 0 Å². The van der Waals surface area contributed by atoms with Crippen LogP contribution in [0.5, 0.6) is 11.5 Å². The van der Waals surface area contributed by atoms with Gasteiger partial charge >= 0.3 is 5.97 Å². The lowest BCUT2D eigenvalue weighted by atomic mass is 9.96. The van der Waals surface area contributed by atoms with Crippen LogP contribution in [0.2, 0.25) is 0 Å². The van der Waals surface area contributed by atoms with Gasteiger partial charge in [0.15, 0.2) is 17.8 Å². The molecule has 3 atom stereocenters. The van der Waals surface area contributed by atoms with Crippen LogP contribution in [0.25, 0.3) is 11.1 Å². The maximum Gasteiger partial charge on any atom is 0.303 e. The number of hydrogen-bond acceptors (Lipinski definition) is 8. The number of aliphatic hydroxyl groups is 1. The molecular formula is C40H44N2O8. The molecule has 10 heteroatoms. The maximum absolute atomic E-state index is 12.0. The Morgan fingerprint density at radius 3 is 2.26 bits per heavy atom. The number of carbonyl (C=O) groups is 2. The van der Waals surface area contributed by atoms with Gasteiger partial charge in [-0.25, -0.2) is 0 Å². The molecule has 0 bridgehead atoms. The molecule has 2 heterocycles. The highest BCUT2D eigenvalue weighted by molar-refractivity contribution is 5.80. The quantitative estimate of drug-likeness (QED) is 0.157. The number of ether oxygens (including phenoxy) is 4. The third-order valence-corrected chi connectivity index (χ3v) is 9.37. The van der Waals surface area contributed by atoms with Crippen molar-refractivity contribution in [3.05, 3.63) is 118 Å².